The van der Waals surface area contributed by atoms with Gasteiger partial charge in [0.1, 0.15) is 5.84 Å². The van der Waals surface area contributed by atoms with Crippen LogP contribution in [-0.4, -0.2) is 23.3 Å². The minimum Gasteiger partial charge on any atom is -0.384 e. The van der Waals surface area contributed by atoms with E-state index in [0.29, 0.717) is 6.04 Å². The Morgan fingerprint density at radius 2 is 1.95 bits per heavy atom. The molecule has 104 valence electrons. The first-order chi connectivity index (χ1) is 9.22. The van der Waals surface area contributed by atoms with Crippen LogP contribution in [0.25, 0.3) is 0 Å². The number of nitrogens with zero attached hydrogens (tertiary/aromatic N) is 1. The number of hydrogen-bond acceptors (Lipinski definition) is 2. The zero-order valence-electron chi connectivity index (χ0n) is 11.9. The van der Waals surface area contributed by atoms with Gasteiger partial charge in [-0.25, -0.2) is 0 Å². The largest absolute Gasteiger partial charge is 0.384 e. The number of rotatable bonds is 5. The zero-order chi connectivity index (χ0) is 13.7. The van der Waals surface area contributed by atoms with E-state index in [1.165, 1.54) is 37.7 Å². The first-order valence-electron chi connectivity index (χ1n) is 7.38. The Hall–Kier alpha value is -1.35. The van der Waals surface area contributed by atoms with Crippen LogP contribution in [0.4, 0.5) is 0 Å². The average Bonchev–Trinajstić information content (AvgIpc) is 2.46. The van der Waals surface area contributed by atoms with E-state index in [2.05, 4.69) is 17.9 Å². The Morgan fingerprint density at radius 1 is 1.26 bits per heavy atom. The molecule has 0 unspecified atom stereocenters. The Labute approximate surface area is 116 Å². The lowest BCUT2D eigenvalue weighted by atomic mass is 9.93. The quantitative estimate of drug-likeness (QED) is 0.630. The zero-order valence-corrected chi connectivity index (χ0v) is 11.9. The Kier molecular flexibility index (Phi) is 4.97. The molecule has 0 amide bonds. The van der Waals surface area contributed by atoms with Gasteiger partial charge in [0.15, 0.2) is 0 Å². The molecule has 1 aliphatic carbocycles. The van der Waals surface area contributed by atoms with Gasteiger partial charge in [-0.3, -0.25) is 10.3 Å². The summed E-state index contributed by atoms with van der Waals surface area (Å²) >= 11 is 0. The van der Waals surface area contributed by atoms with Crippen LogP contribution in [0.5, 0.6) is 0 Å². The van der Waals surface area contributed by atoms with Gasteiger partial charge in [0.25, 0.3) is 0 Å². The fourth-order valence-corrected chi connectivity index (χ4v) is 3.09. The van der Waals surface area contributed by atoms with Crippen LogP contribution in [-0.2, 0) is 6.54 Å². The first kappa shape index (κ1) is 14.1. The summed E-state index contributed by atoms with van der Waals surface area (Å²) in [4.78, 5) is 2.54. The molecule has 0 atom stereocenters. The maximum absolute atomic E-state index is 7.68. The van der Waals surface area contributed by atoms with Gasteiger partial charge < -0.3 is 5.73 Å². The molecule has 0 aliphatic heterocycles. The molecule has 0 bridgehead atoms. The minimum absolute atomic E-state index is 0.176. The number of amidine groups is 1. The highest BCUT2D eigenvalue weighted by molar-refractivity contribution is 5.96. The summed E-state index contributed by atoms with van der Waals surface area (Å²) < 4.78 is 0. The van der Waals surface area contributed by atoms with E-state index in [-0.39, 0.29) is 5.84 Å². The molecule has 1 aromatic carbocycles. The van der Waals surface area contributed by atoms with Crippen molar-refractivity contribution >= 4 is 5.84 Å². The van der Waals surface area contributed by atoms with E-state index in [9.17, 15) is 0 Å². The predicted molar refractivity (Wildman–Crippen MR) is 80.4 cm³/mol. The lowest BCUT2D eigenvalue weighted by Crippen LogP contribution is -2.36. The fraction of sp³-hybridized carbons (Fsp3) is 0.562. The van der Waals surface area contributed by atoms with Gasteiger partial charge in [0.2, 0.25) is 0 Å². The van der Waals surface area contributed by atoms with Gasteiger partial charge in [-0.15, -0.1) is 0 Å². The Morgan fingerprint density at radius 3 is 2.58 bits per heavy atom. The highest BCUT2D eigenvalue weighted by Gasteiger charge is 2.20. The van der Waals surface area contributed by atoms with Gasteiger partial charge in [-0.05, 0) is 24.9 Å². The molecule has 19 heavy (non-hydrogen) atoms. The molecule has 1 aliphatic rings. The molecule has 0 heterocycles. The topological polar surface area (TPSA) is 53.1 Å². The third-order valence-corrected chi connectivity index (χ3v) is 4.18. The number of hydrogen-bond donors (Lipinski definition) is 2. The van der Waals surface area contributed by atoms with E-state index >= 15 is 0 Å². The lowest BCUT2D eigenvalue weighted by Gasteiger charge is -2.34. The first-order valence-corrected chi connectivity index (χ1v) is 7.38. The predicted octanol–water partition coefficient (Wildman–Crippen LogP) is 3.13. The normalized spacial score (nSPS) is 16.7. The fourth-order valence-electron chi connectivity index (χ4n) is 3.09. The van der Waals surface area contributed by atoms with E-state index in [1.807, 2.05) is 18.2 Å². The van der Waals surface area contributed by atoms with Crippen molar-refractivity contribution in [2.45, 2.75) is 51.6 Å². The molecule has 0 aromatic heterocycles. The van der Waals surface area contributed by atoms with E-state index in [1.54, 1.807) is 0 Å². The second-order valence-corrected chi connectivity index (χ2v) is 5.43. The molecule has 0 saturated heterocycles. The second kappa shape index (κ2) is 6.71. The SMILES string of the molecule is CCN(Cc1ccccc1C(=N)N)C1CCCCC1. The van der Waals surface area contributed by atoms with Crippen molar-refractivity contribution in [3.8, 4) is 0 Å². The summed E-state index contributed by atoms with van der Waals surface area (Å²) in [5.41, 5.74) is 7.74. The third-order valence-electron chi connectivity index (χ3n) is 4.18. The number of nitrogen functional groups attached to an aromatic ring is 1. The molecule has 1 saturated carbocycles. The molecule has 0 spiro atoms. The Bertz CT molecular complexity index is 422. The summed E-state index contributed by atoms with van der Waals surface area (Å²) in [7, 11) is 0. The van der Waals surface area contributed by atoms with Gasteiger partial charge >= 0.3 is 0 Å². The number of nitrogens with two attached hydrogens (primary N) is 1. The summed E-state index contributed by atoms with van der Waals surface area (Å²) in [5, 5.41) is 7.68. The van der Waals surface area contributed by atoms with Crippen LogP contribution in [0.2, 0.25) is 0 Å². The van der Waals surface area contributed by atoms with Crippen molar-refractivity contribution in [1.29, 1.82) is 5.41 Å². The second-order valence-electron chi connectivity index (χ2n) is 5.43. The molecule has 3 heteroatoms. The summed E-state index contributed by atoms with van der Waals surface area (Å²) in [6.07, 6.45) is 6.73. The number of nitrogens with one attached hydrogen (secondary N) is 1. The summed E-state index contributed by atoms with van der Waals surface area (Å²) in [6, 6.07) is 8.75. The van der Waals surface area contributed by atoms with E-state index in [0.717, 1.165) is 18.7 Å². The summed E-state index contributed by atoms with van der Waals surface area (Å²) in [5.74, 6) is 0.176. The van der Waals surface area contributed by atoms with Gasteiger partial charge in [0.05, 0.1) is 0 Å². The highest BCUT2D eigenvalue weighted by atomic mass is 15.1. The number of benzene rings is 1. The van der Waals surface area contributed by atoms with Crippen molar-refractivity contribution in [2.24, 2.45) is 5.73 Å². The highest BCUT2D eigenvalue weighted by Crippen LogP contribution is 2.24. The molecule has 0 radical (unpaired) electrons. The van der Waals surface area contributed by atoms with Crippen LogP contribution < -0.4 is 5.73 Å². The van der Waals surface area contributed by atoms with Crippen LogP contribution in [0.1, 0.15) is 50.2 Å². The molecule has 1 fully saturated rings. The molecule has 3 N–H and O–H groups in total. The molecule has 3 nitrogen and oxygen atoms in total. The van der Waals surface area contributed by atoms with Gasteiger partial charge in [0, 0.05) is 18.2 Å². The van der Waals surface area contributed by atoms with Crippen LogP contribution in [0, 0.1) is 5.41 Å². The monoisotopic (exact) mass is 259 g/mol. The minimum atomic E-state index is 0.176. The average molecular weight is 259 g/mol. The van der Waals surface area contributed by atoms with Crippen LogP contribution in [0.15, 0.2) is 24.3 Å². The van der Waals surface area contributed by atoms with Crippen molar-refractivity contribution in [3.63, 3.8) is 0 Å². The van der Waals surface area contributed by atoms with Gasteiger partial charge in [-0.2, -0.15) is 0 Å². The van der Waals surface area contributed by atoms with E-state index in [4.69, 9.17) is 11.1 Å². The molecule has 2 rings (SSSR count). The molecular formula is C16H25N3. The maximum atomic E-state index is 7.68. The maximum Gasteiger partial charge on any atom is 0.123 e. The van der Waals surface area contributed by atoms with Gasteiger partial charge in [-0.1, -0.05) is 50.5 Å². The summed E-state index contributed by atoms with van der Waals surface area (Å²) in [6.45, 7) is 4.21. The third kappa shape index (κ3) is 3.57. The van der Waals surface area contributed by atoms with Crippen LogP contribution in [0.3, 0.4) is 0 Å². The van der Waals surface area contributed by atoms with Crippen LogP contribution >= 0.6 is 0 Å². The van der Waals surface area contributed by atoms with Crippen molar-refractivity contribution < 1.29 is 0 Å². The smallest absolute Gasteiger partial charge is 0.123 e. The molecular weight excluding hydrogens is 234 g/mol. The van der Waals surface area contributed by atoms with Crippen molar-refractivity contribution in [3.05, 3.63) is 35.4 Å². The van der Waals surface area contributed by atoms with Crippen molar-refractivity contribution in [2.75, 3.05) is 6.54 Å². The molecule has 1 aromatic rings. The van der Waals surface area contributed by atoms with Crippen molar-refractivity contribution in [1.82, 2.24) is 4.90 Å². The standard InChI is InChI=1S/C16H25N3/c1-2-19(14-9-4-3-5-10-14)12-13-8-6-7-11-15(13)16(17)18/h6-8,11,14H,2-5,9-10,12H2,1H3,(H3,17,18). The lowest BCUT2D eigenvalue weighted by molar-refractivity contribution is 0.156. The Balaban J connectivity index is 2.11. The van der Waals surface area contributed by atoms with E-state index < -0.39 is 0 Å².